The zero-order valence-corrected chi connectivity index (χ0v) is 17.1. The Hall–Kier alpha value is -1.86. The van der Waals surface area contributed by atoms with Crippen LogP contribution in [0.2, 0.25) is 0 Å². The second-order valence-electron chi connectivity index (χ2n) is 8.33. The molecular formula is C19H30N6O5. The van der Waals surface area contributed by atoms with E-state index in [0.29, 0.717) is 32.0 Å². The Kier molecular flexibility index (Phi) is 6.21. The maximum Gasteiger partial charge on any atom is 0.292 e. The first kappa shape index (κ1) is 21.4. The highest BCUT2D eigenvalue weighted by atomic mass is 16.6. The number of nitro groups is 1. The molecule has 0 radical (unpaired) electrons. The van der Waals surface area contributed by atoms with Crippen molar-refractivity contribution in [2.24, 2.45) is 11.8 Å². The lowest BCUT2D eigenvalue weighted by Crippen LogP contribution is -2.41. The number of rotatable bonds is 5. The van der Waals surface area contributed by atoms with Gasteiger partial charge in [0.25, 0.3) is 5.69 Å². The lowest BCUT2D eigenvalue weighted by Gasteiger charge is -2.36. The van der Waals surface area contributed by atoms with E-state index >= 15 is 0 Å². The fourth-order valence-corrected chi connectivity index (χ4v) is 5.05. The van der Waals surface area contributed by atoms with Crippen molar-refractivity contribution < 1.29 is 19.9 Å². The molecule has 0 spiro atoms. The first-order valence-corrected chi connectivity index (χ1v) is 10.4. The largest absolute Gasteiger partial charge is 0.378 e. The number of hydrogen-bond acceptors (Lipinski definition) is 10. The number of anilines is 1. The van der Waals surface area contributed by atoms with E-state index in [0.717, 1.165) is 5.56 Å². The molecule has 3 saturated heterocycles. The Labute approximate surface area is 174 Å². The number of hydrazine groups is 2. The van der Waals surface area contributed by atoms with E-state index in [9.17, 15) is 20.3 Å². The first-order valence-electron chi connectivity index (χ1n) is 10.4. The number of nitrogens with zero attached hydrogens (tertiary/aromatic N) is 2. The third-order valence-electron chi connectivity index (χ3n) is 6.56. The van der Waals surface area contributed by atoms with Crippen molar-refractivity contribution in [1.29, 1.82) is 0 Å². The molecule has 1 aromatic rings. The van der Waals surface area contributed by atoms with Crippen molar-refractivity contribution in [2.75, 3.05) is 31.2 Å². The first-order chi connectivity index (χ1) is 14.4. The number of nitrogens with one attached hydrogen (secondary N) is 4. The minimum atomic E-state index is -0.844. The summed E-state index contributed by atoms with van der Waals surface area (Å²) in [5.74, 6) is -0.910. The second kappa shape index (κ2) is 8.71. The van der Waals surface area contributed by atoms with E-state index in [-0.39, 0.29) is 40.4 Å². The van der Waals surface area contributed by atoms with E-state index in [1.807, 2.05) is 24.8 Å². The summed E-state index contributed by atoms with van der Waals surface area (Å²) in [5, 5.41) is 33.2. The average molecular weight is 422 g/mol. The van der Waals surface area contributed by atoms with Crippen molar-refractivity contribution in [3.05, 3.63) is 33.9 Å². The Morgan fingerprint density at radius 1 is 1.07 bits per heavy atom. The predicted octanol–water partition coefficient (Wildman–Crippen LogP) is -0.623. The SMILES string of the molecule is CC1NNC(O)C1C(c1ccc(N2CCOCC2)c([N+](=O)[O-])c1)C1C(C)NNC1O. The number of hydrogen-bond donors (Lipinski definition) is 6. The van der Waals surface area contributed by atoms with Crippen LogP contribution < -0.4 is 26.6 Å². The Morgan fingerprint density at radius 3 is 2.10 bits per heavy atom. The molecule has 6 N–H and O–H groups in total. The molecule has 3 aliphatic rings. The number of morpholine rings is 1. The lowest BCUT2D eigenvalue weighted by atomic mass is 9.71. The second-order valence-corrected chi connectivity index (χ2v) is 8.33. The van der Waals surface area contributed by atoms with Crippen LogP contribution in [0.5, 0.6) is 0 Å². The van der Waals surface area contributed by atoms with Crippen LogP contribution in [0.3, 0.4) is 0 Å². The quantitative estimate of drug-likeness (QED) is 0.268. The van der Waals surface area contributed by atoms with Crippen molar-refractivity contribution in [3.63, 3.8) is 0 Å². The standard InChI is InChI=1S/C19H30N6O5/c1-10-15(18(26)22-20-10)17(16-11(2)21-23-19(16)27)12-3-4-13(14(9-12)25(28)29)24-5-7-30-8-6-24/h3-4,9-11,15-23,26-27H,5-8H2,1-2H3. The minimum absolute atomic E-state index is 0.0292. The molecular weight excluding hydrogens is 392 g/mol. The van der Waals surface area contributed by atoms with Gasteiger partial charge in [-0.15, -0.1) is 0 Å². The maximum atomic E-state index is 11.9. The summed E-state index contributed by atoms with van der Waals surface area (Å²) in [6.45, 7) is 6.17. The number of aliphatic hydroxyl groups excluding tert-OH is 2. The maximum absolute atomic E-state index is 11.9. The zero-order chi connectivity index (χ0) is 21.4. The topological polar surface area (TPSA) is 144 Å². The van der Waals surface area contributed by atoms with Crippen molar-refractivity contribution in [2.45, 2.75) is 44.3 Å². The van der Waals surface area contributed by atoms with E-state index < -0.39 is 12.5 Å². The van der Waals surface area contributed by atoms with E-state index in [2.05, 4.69) is 21.7 Å². The van der Waals surface area contributed by atoms with Crippen LogP contribution in [0.15, 0.2) is 18.2 Å². The molecule has 6 atom stereocenters. The van der Waals surface area contributed by atoms with Crippen LogP contribution in [-0.2, 0) is 4.74 Å². The molecule has 1 aromatic carbocycles. The molecule has 4 rings (SSSR count). The summed E-state index contributed by atoms with van der Waals surface area (Å²) in [6.07, 6.45) is -1.69. The average Bonchev–Trinajstić information content (AvgIpc) is 3.25. The molecule has 0 bridgehead atoms. The van der Waals surface area contributed by atoms with E-state index in [4.69, 9.17) is 4.74 Å². The molecule has 0 aromatic heterocycles. The van der Waals surface area contributed by atoms with Gasteiger partial charge >= 0.3 is 0 Å². The monoisotopic (exact) mass is 422 g/mol. The molecule has 0 amide bonds. The Morgan fingerprint density at radius 2 is 1.63 bits per heavy atom. The molecule has 3 heterocycles. The Balaban J connectivity index is 1.76. The third kappa shape index (κ3) is 3.89. The molecule has 166 valence electrons. The van der Waals surface area contributed by atoms with Crippen molar-refractivity contribution >= 4 is 11.4 Å². The summed E-state index contributed by atoms with van der Waals surface area (Å²) in [6, 6.07) is 5.08. The molecule has 11 nitrogen and oxygen atoms in total. The van der Waals surface area contributed by atoms with E-state index in [1.165, 1.54) is 0 Å². The normalized spacial score (nSPS) is 35.5. The highest BCUT2D eigenvalue weighted by Gasteiger charge is 2.48. The van der Waals surface area contributed by atoms with Gasteiger partial charge in [-0.05, 0) is 25.5 Å². The number of aliphatic hydroxyl groups is 2. The van der Waals surface area contributed by atoms with Gasteiger partial charge in [0, 0.05) is 49.0 Å². The predicted molar refractivity (Wildman–Crippen MR) is 109 cm³/mol. The molecule has 0 saturated carbocycles. The minimum Gasteiger partial charge on any atom is -0.378 e. The zero-order valence-electron chi connectivity index (χ0n) is 17.1. The van der Waals surface area contributed by atoms with Crippen LogP contribution in [0.25, 0.3) is 0 Å². The molecule has 30 heavy (non-hydrogen) atoms. The van der Waals surface area contributed by atoms with Crippen LogP contribution in [0, 0.1) is 22.0 Å². The van der Waals surface area contributed by atoms with Gasteiger partial charge in [-0.1, -0.05) is 6.07 Å². The van der Waals surface area contributed by atoms with Crippen molar-refractivity contribution in [3.8, 4) is 0 Å². The number of ether oxygens (including phenoxy) is 1. The number of nitro benzene ring substituents is 1. The summed E-state index contributed by atoms with van der Waals surface area (Å²) >= 11 is 0. The summed E-state index contributed by atoms with van der Waals surface area (Å²) in [4.78, 5) is 13.5. The molecule has 0 aliphatic carbocycles. The fourth-order valence-electron chi connectivity index (χ4n) is 5.05. The van der Waals surface area contributed by atoms with Gasteiger partial charge in [0.15, 0.2) is 0 Å². The van der Waals surface area contributed by atoms with Crippen molar-refractivity contribution in [1.82, 2.24) is 21.7 Å². The highest BCUT2D eigenvalue weighted by Crippen LogP contribution is 2.43. The Bertz CT molecular complexity index is 732. The molecule has 3 aliphatic heterocycles. The fraction of sp³-hybridized carbons (Fsp3) is 0.684. The highest BCUT2D eigenvalue weighted by molar-refractivity contribution is 5.65. The van der Waals surface area contributed by atoms with Gasteiger partial charge < -0.3 is 19.8 Å². The summed E-state index contributed by atoms with van der Waals surface area (Å²) in [7, 11) is 0. The summed E-state index contributed by atoms with van der Waals surface area (Å²) in [5.41, 5.74) is 13.1. The molecule has 6 unspecified atom stereocenters. The molecule has 3 fully saturated rings. The lowest BCUT2D eigenvalue weighted by molar-refractivity contribution is -0.384. The van der Waals surface area contributed by atoms with Crippen LogP contribution in [0.1, 0.15) is 25.3 Å². The molecule has 11 heteroatoms. The van der Waals surface area contributed by atoms with Gasteiger partial charge in [-0.3, -0.25) is 21.0 Å². The van der Waals surface area contributed by atoms with Gasteiger partial charge in [-0.25, -0.2) is 10.9 Å². The number of benzene rings is 1. The van der Waals surface area contributed by atoms with E-state index in [1.54, 1.807) is 12.1 Å². The third-order valence-corrected chi connectivity index (χ3v) is 6.56. The van der Waals surface area contributed by atoms with Gasteiger partial charge in [-0.2, -0.15) is 0 Å². The van der Waals surface area contributed by atoms with Crippen LogP contribution in [0.4, 0.5) is 11.4 Å². The van der Waals surface area contributed by atoms with Crippen LogP contribution >= 0.6 is 0 Å². The van der Waals surface area contributed by atoms with Gasteiger partial charge in [0.05, 0.1) is 18.1 Å². The smallest absolute Gasteiger partial charge is 0.292 e. The van der Waals surface area contributed by atoms with Gasteiger partial charge in [0.1, 0.15) is 18.1 Å². The van der Waals surface area contributed by atoms with Gasteiger partial charge in [0.2, 0.25) is 0 Å². The van der Waals surface area contributed by atoms with Crippen LogP contribution in [-0.4, -0.2) is 66.0 Å². The summed E-state index contributed by atoms with van der Waals surface area (Å²) < 4.78 is 5.37.